The summed E-state index contributed by atoms with van der Waals surface area (Å²) in [6.45, 7) is 2.00. The topological polar surface area (TPSA) is 12.9 Å². The fraction of sp³-hybridized carbons (Fsp3) is 0.444. The van der Waals surface area contributed by atoms with E-state index in [4.69, 9.17) is 11.6 Å². The molecule has 0 saturated heterocycles. The van der Waals surface area contributed by atoms with Gasteiger partial charge in [0.25, 0.3) is 0 Å². The van der Waals surface area contributed by atoms with Crippen molar-refractivity contribution in [3.63, 3.8) is 0 Å². The third-order valence-electron chi connectivity index (χ3n) is 1.59. The monoisotopic (exact) mass is 247 g/mol. The second-order valence-corrected chi connectivity index (χ2v) is 4.45. The van der Waals surface area contributed by atoms with Gasteiger partial charge in [-0.25, -0.2) is 0 Å². The lowest BCUT2D eigenvalue weighted by Gasteiger charge is -2.01. The molecule has 12 heavy (non-hydrogen) atoms. The van der Waals surface area contributed by atoms with Crippen molar-refractivity contribution in [1.82, 2.24) is 4.98 Å². The predicted octanol–water partition coefficient (Wildman–Crippen LogP) is 3.40. The SMILES string of the molecule is CC(Cl)CCc1ccc(Br)cn1. The molecule has 1 aromatic heterocycles. The highest BCUT2D eigenvalue weighted by Crippen LogP contribution is 2.10. The average Bonchev–Trinajstić information content (AvgIpc) is 2.03. The van der Waals surface area contributed by atoms with Gasteiger partial charge in [0.05, 0.1) is 0 Å². The number of aromatic nitrogens is 1. The first-order valence-corrected chi connectivity index (χ1v) is 5.16. The number of rotatable bonds is 3. The first-order chi connectivity index (χ1) is 5.68. The van der Waals surface area contributed by atoms with Crippen LogP contribution in [0.15, 0.2) is 22.8 Å². The zero-order valence-corrected chi connectivity index (χ0v) is 9.27. The van der Waals surface area contributed by atoms with Gasteiger partial charge in [0.2, 0.25) is 0 Å². The van der Waals surface area contributed by atoms with Crippen molar-refractivity contribution >= 4 is 27.5 Å². The smallest absolute Gasteiger partial charge is 0.0413 e. The standard InChI is InChI=1S/C9H11BrClN/c1-7(11)2-4-9-5-3-8(10)6-12-9/h3,5-7H,2,4H2,1H3. The quantitative estimate of drug-likeness (QED) is 0.747. The minimum Gasteiger partial charge on any atom is -0.260 e. The Bertz CT molecular complexity index is 233. The van der Waals surface area contributed by atoms with Crippen molar-refractivity contribution in [2.45, 2.75) is 25.1 Å². The summed E-state index contributed by atoms with van der Waals surface area (Å²) in [6.07, 6.45) is 3.75. The van der Waals surface area contributed by atoms with E-state index in [1.165, 1.54) is 0 Å². The molecular weight excluding hydrogens is 237 g/mol. The Morgan fingerprint density at radius 3 is 2.83 bits per heavy atom. The van der Waals surface area contributed by atoms with E-state index in [1.54, 1.807) is 0 Å². The lowest BCUT2D eigenvalue weighted by atomic mass is 10.2. The van der Waals surface area contributed by atoms with Gasteiger partial charge in [-0.15, -0.1) is 11.6 Å². The van der Waals surface area contributed by atoms with E-state index in [1.807, 2.05) is 25.3 Å². The highest BCUT2D eigenvalue weighted by atomic mass is 79.9. The third-order valence-corrected chi connectivity index (χ3v) is 2.27. The molecule has 66 valence electrons. The first-order valence-electron chi connectivity index (χ1n) is 3.93. The van der Waals surface area contributed by atoms with Gasteiger partial charge in [0, 0.05) is 21.7 Å². The molecule has 1 unspecified atom stereocenters. The van der Waals surface area contributed by atoms with Crippen molar-refractivity contribution in [3.8, 4) is 0 Å². The zero-order chi connectivity index (χ0) is 8.97. The van der Waals surface area contributed by atoms with Crippen LogP contribution in [-0.4, -0.2) is 10.4 Å². The van der Waals surface area contributed by atoms with Gasteiger partial charge in [-0.3, -0.25) is 4.98 Å². The van der Waals surface area contributed by atoms with E-state index in [-0.39, 0.29) is 5.38 Å². The van der Waals surface area contributed by atoms with Crippen LogP contribution in [0.25, 0.3) is 0 Å². The summed E-state index contributed by atoms with van der Waals surface area (Å²) < 4.78 is 1.02. The molecule has 1 heterocycles. The lowest BCUT2D eigenvalue weighted by Crippen LogP contribution is -1.96. The van der Waals surface area contributed by atoms with Crippen LogP contribution >= 0.6 is 27.5 Å². The average molecular weight is 249 g/mol. The van der Waals surface area contributed by atoms with Gasteiger partial charge in [-0.1, -0.05) is 0 Å². The summed E-state index contributed by atoms with van der Waals surface area (Å²) in [5.74, 6) is 0. The minimum atomic E-state index is 0.232. The van der Waals surface area contributed by atoms with E-state index in [2.05, 4.69) is 20.9 Å². The van der Waals surface area contributed by atoms with Gasteiger partial charge in [-0.2, -0.15) is 0 Å². The van der Waals surface area contributed by atoms with Crippen LogP contribution in [-0.2, 0) is 6.42 Å². The van der Waals surface area contributed by atoms with Gasteiger partial charge in [0.1, 0.15) is 0 Å². The molecule has 1 atom stereocenters. The fourth-order valence-corrected chi connectivity index (χ4v) is 1.24. The maximum atomic E-state index is 5.82. The normalized spacial score (nSPS) is 12.9. The molecule has 3 heteroatoms. The summed E-state index contributed by atoms with van der Waals surface area (Å²) in [6, 6.07) is 4.02. The largest absolute Gasteiger partial charge is 0.260 e. The van der Waals surface area contributed by atoms with Gasteiger partial charge in [-0.05, 0) is 47.8 Å². The van der Waals surface area contributed by atoms with Crippen molar-refractivity contribution in [1.29, 1.82) is 0 Å². The maximum absolute atomic E-state index is 5.82. The van der Waals surface area contributed by atoms with Crippen molar-refractivity contribution in [2.24, 2.45) is 0 Å². The molecule has 0 aliphatic rings. The summed E-state index contributed by atoms with van der Waals surface area (Å²) in [7, 11) is 0. The fourth-order valence-electron chi connectivity index (χ4n) is 0.901. The van der Waals surface area contributed by atoms with Crippen LogP contribution in [0, 0.1) is 0 Å². The van der Waals surface area contributed by atoms with Crippen LogP contribution in [0.4, 0.5) is 0 Å². The maximum Gasteiger partial charge on any atom is 0.0413 e. The Kier molecular flexibility index (Phi) is 4.02. The number of alkyl halides is 1. The summed E-state index contributed by atoms with van der Waals surface area (Å²) in [5.41, 5.74) is 1.10. The molecule has 0 saturated carbocycles. The van der Waals surface area contributed by atoms with E-state index >= 15 is 0 Å². The lowest BCUT2D eigenvalue weighted by molar-refractivity contribution is 0.784. The van der Waals surface area contributed by atoms with Crippen LogP contribution in [0.3, 0.4) is 0 Å². The Morgan fingerprint density at radius 1 is 1.58 bits per heavy atom. The number of halogens is 2. The van der Waals surface area contributed by atoms with E-state index < -0.39 is 0 Å². The molecular formula is C9H11BrClN. The third kappa shape index (κ3) is 3.55. The summed E-state index contributed by atoms with van der Waals surface area (Å²) >= 11 is 9.16. The van der Waals surface area contributed by atoms with Crippen molar-refractivity contribution < 1.29 is 0 Å². The van der Waals surface area contributed by atoms with Gasteiger partial charge >= 0.3 is 0 Å². The van der Waals surface area contributed by atoms with Crippen molar-refractivity contribution in [2.75, 3.05) is 0 Å². The Balaban J connectivity index is 2.48. The molecule has 0 bridgehead atoms. The summed E-state index contributed by atoms with van der Waals surface area (Å²) in [5, 5.41) is 0.232. The number of pyridine rings is 1. The van der Waals surface area contributed by atoms with Crippen LogP contribution < -0.4 is 0 Å². The molecule has 0 fully saturated rings. The number of hydrogen-bond donors (Lipinski definition) is 0. The van der Waals surface area contributed by atoms with Gasteiger partial charge in [0.15, 0.2) is 0 Å². The van der Waals surface area contributed by atoms with Crippen LogP contribution in [0.5, 0.6) is 0 Å². The molecule has 0 aliphatic carbocycles. The zero-order valence-electron chi connectivity index (χ0n) is 6.93. The molecule has 0 N–H and O–H groups in total. The summed E-state index contributed by atoms with van der Waals surface area (Å²) in [4.78, 5) is 4.24. The van der Waals surface area contributed by atoms with Crippen LogP contribution in [0.2, 0.25) is 0 Å². The second-order valence-electron chi connectivity index (χ2n) is 2.79. The molecule has 0 aliphatic heterocycles. The molecule has 1 rings (SSSR count). The Labute approximate surface area is 86.3 Å². The molecule has 0 radical (unpaired) electrons. The number of hydrogen-bond acceptors (Lipinski definition) is 1. The predicted molar refractivity (Wildman–Crippen MR) is 55.6 cm³/mol. The Hall–Kier alpha value is -0.0800. The van der Waals surface area contributed by atoms with Crippen molar-refractivity contribution in [3.05, 3.63) is 28.5 Å². The number of nitrogens with zero attached hydrogens (tertiary/aromatic N) is 1. The first kappa shape index (κ1) is 10.0. The molecule has 0 amide bonds. The Morgan fingerprint density at radius 2 is 2.33 bits per heavy atom. The molecule has 0 aromatic carbocycles. The second kappa shape index (κ2) is 4.83. The highest BCUT2D eigenvalue weighted by molar-refractivity contribution is 9.10. The minimum absolute atomic E-state index is 0.232. The van der Waals surface area contributed by atoms with E-state index in [0.29, 0.717) is 0 Å². The molecule has 0 spiro atoms. The molecule has 1 nitrogen and oxygen atoms in total. The number of aryl methyl sites for hydroxylation is 1. The van der Waals surface area contributed by atoms with Crippen LogP contribution in [0.1, 0.15) is 19.0 Å². The molecule has 1 aromatic rings. The van der Waals surface area contributed by atoms with E-state index in [9.17, 15) is 0 Å². The van der Waals surface area contributed by atoms with Gasteiger partial charge < -0.3 is 0 Å². The highest BCUT2D eigenvalue weighted by Gasteiger charge is 1.98. The van der Waals surface area contributed by atoms with E-state index in [0.717, 1.165) is 23.0 Å².